The summed E-state index contributed by atoms with van der Waals surface area (Å²) in [7, 11) is 2.53. The average Bonchev–Trinajstić information content (AvgIpc) is 4.11. The van der Waals surface area contributed by atoms with E-state index in [1.807, 2.05) is 52.1 Å². The lowest BCUT2D eigenvalue weighted by molar-refractivity contribution is -0.153. The van der Waals surface area contributed by atoms with Crippen molar-refractivity contribution in [1.82, 2.24) is 30.4 Å². The number of H-pyrrole nitrogens is 1. The molecular weight excluding hydrogens is 923 g/mol. The van der Waals surface area contributed by atoms with Gasteiger partial charge in [0.1, 0.15) is 17.9 Å². The van der Waals surface area contributed by atoms with Gasteiger partial charge in [-0.25, -0.2) is 14.6 Å². The summed E-state index contributed by atoms with van der Waals surface area (Å²) in [5, 5.41) is 7.87. The summed E-state index contributed by atoms with van der Waals surface area (Å²) >= 11 is 0. The second-order valence-electron chi connectivity index (χ2n) is 17.1. The highest BCUT2D eigenvalue weighted by Gasteiger charge is 2.53. The van der Waals surface area contributed by atoms with Crippen molar-refractivity contribution in [2.24, 2.45) is 16.8 Å². The van der Waals surface area contributed by atoms with Crippen LogP contribution in [0.25, 0.3) is 38.4 Å². The first-order valence-corrected chi connectivity index (χ1v) is 21.2. The molecule has 3 N–H and O–H groups in total. The van der Waals surface area contributed by atoms with E-state index in [0.717, 1.165) is 45.2 Å². The van der Waals surface area contributed by atoms with Crippen molar-refractivity contribution in [1.29, 1.82) is 0 Å². The Hall–Kier alpha value is -4.73. The highest BCUT2D eigenvalue weighted by molar-refractivity contribution is 7.59. The second-order valence-corrected chi connectivity index (χ2v) is 17.1. The maximum absolute atomic E-state index is 14.1. The van der Waals surface area contributed by atoms with Crippen LogP contribution in [0.1, 0.15) is 70.8 Å². The molecule has 16 nitrogen and oxygen atoms in total. The number of allylic oxidation sites excluding steroid dienone is 1. The molecule has 8 rings (SSSR count). The Balaban J connectivity index is 0.00000238. The fourth-order valence-electron chi connectivity index (χ4n) is 9.09. The van der Waals surface area contributed by atoms with E-state index in [1.165, 1.54) is 14.2 Å². The number of carbonyl (C=O) groups excluding carboxylic acids is 4. The number of benzene rings is 3. The molecule has 4 amide bonds. The number of amides is 4. The topological polar surface area (TPSA) is 194 Å². The molecule has 1 spiro atoms. The Labute approximate surface area is 411 Å². The van der Waals surface area contributed by atoms with Crippen LogP contribution >= 0.6 is 54.0 Å². The Morgan fingerprint density at radius 3 is 1.94 bits per heavy atom. The van der Waals surface area contributed by atoms with Crippen LogP contribution < -0.4 is 16.2 Å². The number of aliphatic imine (C=N–C) groups is 1. The van der Waals surface area contributed by atoms with E-state index < -0.39 is 36.1 Å². The number of alkyl carbamates (subject to hydrolysis) is 2. The van der Waals surface area contributed by atoms with Gasteiger partial charge in [-0.2, -0.15) is 54.0 Å². The van der Waals surface area contributed by atoms with Gasteiger partial charge in [-0.3, -0.25) is 19.4 Å². The van der Waals surface area contributed by atoms with Crippen LogP contribution in [0.2, 0.25) is 0 Å². The third kappa shape index (κ3) is 10.8. The third-order valence-corrected chi connectivity index (χ3v) is 12.4. The Bertz CT molecular complexity index is 2560. The summed E-state index contributed by atoms with van der Waals surface area (Å²) in [4.78, 5) is 81.5. The number of hydrogen-bond donors (Lipinski definition) is 3. The predicted octanol–water partition coefficient (Wildman–Crippen LogP) is 6.15. The van der Waals surface area contributed by atoms with Gasteiger partial charge in [0.15, 0.2) is 5.79 Å². The largest absolute Gasteiger partial charge is 0.453 e. The van der Waals surface area contributed by atoms with Gasteiger partial charge in [-0.05, 0) is 82.0 Å². The molecule has 4 aliphatic heterocycles. The predicted molar refractivity (Wildman–Crippen MR) is 274 cm³/mol. The summed E-state index contributed by atoms with van der Waals surface area (Å²) in [5.41, 5.74) is 4.93. The summed E-state index contributed by atoms with van der Waals surface area (Å²) < 4.78 is 21.7. The molecule has 1 aromatic heterocycles. The number of likely N-dealkylation sites (tertiary alicyclic amines) is 2. The van der Waals surface area contributed by atoms with Crippen LogP contribution in [-0.4, -0.2) is 114 Å². The van der Waals surface area contributed by atoms with Crippen LogP contribution in [0, 0.1) is 11.8 Å². The molecule has 0 radical (unpaired) electrons. The Kier molecular flexibility index (Phi) is 18.3. The monoisotopic (exact) mass is 983 g/mol. The standard InChI is InChI=1S/C46H53N7O9.4H2S/c1-25(2)38(49-44(57)59-5)42(55)52-15-7-8-36(52)40-48-34-20-31(13-14-33(34)41(54)51-40)29-10-9-28-19-30(12-11-27(28)18-29)32-21-35(47-23-32)37-22-46(61-16-17-62-46)24-53(37)43(56)39(26(3)4)50-45(58)60-6;;;;/h9-14,18-20,23,25-26,36-39H,7-8,15-17,21-22,24H2,1-6H3,(H,49,57)(H,50,58)(H,48,51,54);4*1H2/t36-,37-,38-,39-;;;;/m0..../s1. The van der Waals surface area contributed by atoms with Gasteiger partial charge in [-0.15, -0.1) is 0 Å². The van der Waals surface area contributed by atoms with E-state index >= 15 is 0 Å². The zero-order valence-corrected chi connectivity index (χ0v) is 41.9. The summed E-state index contributed by atoms with van der Waals surface area (Å²) in [6.07, 6.45) is 2.84. The summed E-state index contributed by atoms with van der Waals surface area (Å²) in [6.45, 7) is 9.06. The molecule has 20 heteroatoms. The highest BCUT2D eigenvalue weighted by Crippen LogP contribution is 2.40. The Morgan fingerprint density at radius 2 is 1.33 bits per heavy atom. The first kappa shape index (κ1) is 53.9. The first-order valence-electron chi connectivity index (χ1n) is 21.2. The number of hydrogen-bond acceptors (Lipinski definition) is 11. The zero-order chi connectivity index (χ0) is 43.9. The number of aromatic amines is 1. The molecule has 66 heavy (non-hydrogen) atoms. The van der Waals surface area contributed by atoms with Crippen LogP contribution in [0.4, 0.5) is 9.59 Å². The van der Waals surface area contributed by atoms with E-state index in [0.29, 0.717) is 55.7 Å². The van der Waals surface area contributed by atoms with E-state index in [2.05, 4.69) is 45.9 Å². The number of ether oxygens (including phenoxy) is 4. The van der Waals surface area contributed by atoms with Crippen LogP contribution in [-0.2, 0) is 28.5 Å². The number of fused-ring (bicyclic) bond motifs is 2. The Morgan fingerprint density at radius 1 is 0.773 bits per heavy atom. The molecule has 5 heterocycles. The molecule has 4 atom stereocenters. The van der Waals surface area contributed by atoms with Gasteiger partial charge in [-0.1, -0.05) is 58.0 Å². The molecule has 358 valence electrons. The lowest BCUT2D eigenvalue weighted by Crippen LogP contribution is -2.54. The fourth-order valence-corrected chi connectivity index (χ4v) is 9.09. The van der Waals surface area contributed by atoms with E-state index in [4.69, 9.17) is 28.9 Å². The molecule has 0 bridgehead atoms. The third-order valence-electron chi connectivity index (χ3n) is 12.4. The molecular formula is C46H61N7O9S4. The van der Waals surface area contributed by atoms with Crippen molar-refractivity contribution in [3.05, 3.63) is 82.5 Å². The number of rotatable bonds is 10. The fraction of sp³-hybridized carbons (Fsp3) is 0.457. The number of carbonyl (C=O) groups is 4. The normalized spacial score (nSPS) is 19.3. The van der Waals surface area contributed by atoms with Crippen LogP contribution in [0.15, 0.2) is 70.6 Å². The number of methoxy groups -OCH3 is 2. The zero-order valence-electron chi connectivity index (χ0n) is 37.9. The van der Waals surface area contributed by atoms with Crippen LogP contribution in [0.3, 0.4) is 0 Å². The molecule has 4 aromatic rings. The minimum atomic E-state index is -0.918. The van der Waals surface area contributed by atoms with E-state index in [-0.39, 0.29) is 95.8 Å². The van der Waals surface area contributed by atoms with Gasteiger partial charge in [0.2, 0.25) is 11.8 Å². The summed E-state index contributed by atoms with van der Waals surface area (Å²) in [5.74, 6) is -1.37. The van der Waals surface area contributed by atoms with E-state index in [1.54, 1.807) is 15.9 Å². The average molecular weight is 984 g/mol. The maximum atomic E-state index is 14.1. The van der Waals surface area contributed by atoms with Gasteiger partial charge in [0, 0.05) is 31.3 Å². The minimum absolute atomic E-state index is 0. The number of aromatic nitrogens is 2. The molecule has 0 saturated carbocycles. The van der Waals surface area contributed by atoms with Gasteiger partial charge in [0.05, 0.1) is 57.0 Å². The number of nitrogens with zero attached hydrogens (tertiary/aromatic N) is 4. The minimum Gasteiger partial charge on any atom is -0.453 e. The van der Waals surface area contributed by atoms with Crippen molar-refractivity contribution < 1.29 is 38.1 Å². The summed E-state index contributed by atoms with van der Waals surface area (Å²) in [6, 6.07) is 15.7. The quantitative estimate of drug-likeness (QED) is 0.166. The van der Waals surface area contributed by atoms with Crippen molar-refractivity contribution in [3.63, 3.8) is 0 Å². The van der Waals surface area contributed by atoms with Crippen LogP contribution in [0.5, 0.6) is 0 Å². The van der Waals surface area contributed by atoms with Crippen molar-refractivity contribution in [2.45, 2.75) is 83.3 Å². The SMILES string of the molecule is COC(=O)N[C@H](C(=O)N1CC2(C[C@H]1C1=NC=C(c3ccc4cc(-c5ccc6c(=O)[nH]c([C@@H]7CCCN7C(=O)[C@@H](NC(=O)OC)C(C)C)nc6c5)ccc4c3)C1)OCCO2)C(C)C.S.S.S.S. The van der Waals surface area contributed by atoms with Crippen molar-refractivity contribution in [2.75, 3.05) is 40.5 Å². The number of nitrogens with one attached hydrogen (secondary N) is 3. The first-order chi connectivity index (χ1) is 29.8. The van der Waals surface area contributed by atoms with Gasteiger partial charge < -0.3 is 44.4 Å². The second kappa shape index (κ2) is 22.4. The molecule has 3 aromatic carbocycles. The van der Waals surface area contributed by atoms with Crippen molar-refractivity contribution >= 4 is 111 Å². The smallest absolute Gasteiger partial charge is 0.407 e. The van der Waals surface area contributed by atoms with E-state index in [9.17, 15) is 24.0 Å². The van der Waals surface area contributed by atoms with Gasteiger partial charge in [0.25, 0.3) is 5.56 Å². The highest BCUT2D eigenvalue weighted by atomic mass is 32.1. The lowest BCUT2D eigenvalue weighted by Gasteiger charge is -2.31. The van der Waals surface area contributed by atoms with Crippen molar-refractivity contribution in [3.8, 4) is 11.1 Å². The van der Waals surface area contributed by atoms with Gasteiger partial charge >= 0.3 is 12.2 Å². The maximum Gasteiger partial charge on any atom is 0.407 e. The molecule has 3 fully saturated rings. The molecule has 0 unspecified atom stereocenters. The molecule has 3 saturated heterocycles. The molecule has 4 aliphatic rings. The molecule has 0 aliphatic carbocycles. The lowest BCUT2D eigenvalue weighted by atomic mass is 9.94.